The summed E-state index contributed by atoms with van der Waals surface area (Å²) in [6.45, 7) is 6.16. The number of nitrogens with one attached hydrogen (secondary N) is 1. The molecular formula is C18H31N3O3. The van der Waals surface area contributed by atoms with Crippen molar-refractivity contribution < 1.29 is 14.1 Å². The summed E-state index contributed by atoms with van der Waals surface area (Å²) in [6.07, 6.45) is 9.72. The van der Waals surface area contributed by atoms with E-state index < -0.39 is 5.60 Å². The molecule has 0 unspecified atom stereocenters. The van der Waals surface area contributed by atoms with Crippen LogP contribution in [-0.4, -0.2) is 28.4 Å². The lowest BCUT2D eigenvalue weighted by atomic mass is 9.87. The Labute approximate surface area is 144 Å². The predicted octanol–water partition coefficient (Wildman–Crippen LogP) is 4.04. The molecule has 2 rings (SSSR count). The summed E-state index contributed by atoms with van der Waals surface area (Å²) in [5.41, 5.74) is -0.456. The van der Waals surface area contributed by atoms with E-state index in [0.717, 1.165) is 37.4 Å². The highest BCUT2D eigenvalue weighted by atomic mass is 16.6. The molecule has 0 aliphatic heterocycles. The minimum Gasteiger partial charge on any atom is -0.444 e. The van der Waals surface area contributed by atoms with Gasteiger partial charge >= 0.3 is 6.09 Å². The molecule has 0 atom stereocenters. The lowest BCUT2D eigenvalue weighted by Crippen LogP contribution is -2.33. The molecule has 0 saturated heterocycles. The van der Waals surface area contributed by atoms with Gasteiger partial charge in [-0.05, 0) is 39.5 Å². The maximum absolute atomic E-state index is 11.5. The number of nitrogens with zero attached hydrogens (tertiary/aromatic N) is 2. The van der Waals surface area contributed by atoms with Crippen molar-refractivity contribution in [1.82, 2.24) is 15.5 Å². The molecule has 1 aromatic heterocycles. The first-order valence-electron chi connectivity index (χ1n) is 9.21. The highest BCUT2D eigenvalue weighted by Crippen LogP contribution is 2.26. The number of hydrogen-bond acceptors (Lipinski definition) is 5. The van der Waals surface area contributed by atoms with Crippen molar-refractivity contribution in [2.24, 2.45) is 5.92 Å². The second-order valence-corrected chi connectivity index (χ2v) is 7.70. The molecule has 1 aliphatic rings. The Bertz CT molecular complexity index is 502. The summed E-state index contributed by atoms with van der Waals surface area (Å²) in [4.78, 5) is 16.0. The first-order chi connectivity index (χ1) is 11.4. The molecular weight excluding hydrogens is 306 g/mol. The van der Waals surface area contributed by atoms with Gasteiger partial charge in [-0.1, -0.05) is 37.3 Å². The minimum absolute atomic E-state index is 0.366. The van der Waals surface area contributed by atoms with Crippen LogP contribution in [-0.2, 0) is 17.6 Å². The van der Waals surface area contributed by atoms with E-state index in [4.69, 9.17) is 9.26 Å². The number of carbonyl (C=O) groups is 1. The summed E-state index contributed by atoms with van der Waals surface area (Å²) in [7, 11) is 0. The molecule has 6 heteroatoms. The molecule has 1 saturated carbocycles. The maximum Gasteiger partial charge on any atom is 0.407 e. The Hall–Kier alpha value is -1.59. The average Bonchev–Trinajstić information content (AvgIpc) is 2.93. The zero-order valence-electron chi connectivity index (χ0n) is 15.3. The van der Waals surface area contributed by atoms with Gasteiger partial charge in [0.1, 0.15) is 5.60 Å². The first kappa shape index (κ1) is 18.7. The number of ether oxygens (including phenoxy) is 1. The van der Waals surface area contributed by atoms with Gasteiger partial charge in [-0.2, -0.15) is 4.98 Å². The maximum atomic E-state index is 11.5. The minimum atomic E-state index is -0.456. The summed E-state index contributed by atoms with van der Waals surface area (Å²) in [5, 5.41) is 6.86. The molecule has 136 valence electrons. The molecule has 24 heavy (non-hydrogen) atoms. The van der Waals surface area contributed by atoms with E-state index in [-0.39, 0.29) is 6.09 Å². The molecule has 1 aliphatic carbocycles. The van der Waals surface area contributed by atoms with E-state index in [0.29, 0.717) is 12.4 Å². The van der Waals surface area contributed by atoms with Gasteiger partial charge in [0.15, 0.2) is 5.82 Å². The van der Waals surface area contributed by atoms with Crippen LogP contribution >= 0.6 is 0 Å². The van der Waals surface area contributed by atoms with Gasteiger partial charge < -0.3 is 14.6 Å². The van der Waals surface area contributed by atoms with Crippen LogP contribution in [0.25, 0.3) is 0 Å². The van der Waals surface area contributed by atoms with Crippen molar-refractivity contribution in [1.29, 1.82) is 0 Å². The van der Waals surface area contributed by atoms with E-state index in [1.54, 1.807) is 0 Å². The number of amides is 1. The molecule has 0 bridgehead atoms. The number of alkyl carbamates (subject to hydrolysis) is 1. The van der Waals surface area contributed by atoms with Crippen molar-refractivity contribution in [3.8, 4) is 0 Å². The Morgan fingerprint density at radius 1 is 1.25 bits per heavy atom. The van der Waals surface area contributed by atoms with E-state index in [9.17, 15) is 4.79 Å². The second kappa shape index (κ2) is 9.04. The molecule has 1 fully saturated rings. The van der Waals surface area contributed by atoms with Gasteiger partial charge in [-0.25, -0.2) is 4.79 Å². The van der Waals surface area contributed by atoms with Gasteiger partial charge in [0.2, 0.25) is 5.89 Å². The third-order valence-electron chi connectivity index (χ3n) is 4.19. The van der Waals surface area contributed by atoms with Crippen LogP contribution in [0.5, 0.6) is 0 Å². The quantitative estimate of drug-likeness (QED) is 0.760. The van der Waals surface area contributed by atoms with Gasteiger partial charge in [0.25, 0.3) is 0 Å². The zero-order valence-corrected chi connectivity index (χ0v) is 15.3. The number of aromatic nitrogens is 2. The first-order valence-corrected chi connectivity index (χ1v) is 9.21. The molecule has 1 aromatic rings. The van der Waals surface area contributed by atoms with E-state index in [1.165, 1.54) is 32.1 Å². The van der Waals surface area contributed by atoms with Crippen LogP contribution in [0.3, 0.4) is 0 Å². The number of hydrogen-bond donors (Lipinski definition) is 1. The second-order valence-electron chi connectivity index (χ2n) is 7.70. The molecule has 0 aromatic carbocycles. The molecule has 6 nitrogen and oxygen atoms in total. The lowest BCUT2D eigenvalue weighted by Gasteiger charge is -2.19. The zero-order chi connectivity index (χ0) is 17.4. The van der Waals surface area contributed by atoms with Gasteiger partial charge in [0.05, 0.1) is 0 Å². The van der Waals surface area contributed by atoms with Crippen LogP contribution in [0.4, 0.5) is 4.79 Å². The normalized spacial score (nSPS) is 16.1. The Kier molecular flexibility index (Phi) is 7.06. The van der Waals surface area contributed by atoms with Crippen molar-refractivity contribution in [3.63, 3.8) is 0 Å². The van der Waals surface area contributed by atoms with Gasteiger partial charge in [-0.3, -0.25) is 0 Å². The van der Waals surface area contributed by atoms with Crippen molar-refractivity contribution in [2.75, 3.05) is 6.54 Å². The van der Waals surface area contributed by atoms with E-state index in [2.05, 4.69) is 15.5 Å². The Morgan fingerprint density at radius 3 is 2.71 bits per heavy atom. The summed E-state index contributed by atoms with van der Waals surface area (Å²) in [5.74, 6) is 2.28. The van der Waals surface area contributed by atoms with Crippen molar-refractivity contribution in [3.05, 3.63) is 11.7 Å². The highest BCUT2D eigenvalue weighted by Gasteiger charge is 2.17. The topological polar surface area (TPSA) is 77.2 Å². The average molecular weight is 337 g/mol. The number of carbonyl (C=O) groups excluding carboxylic acids is 1. The fourth-order valence-corrected chi connectivity index (χ4v) is 3.03. The van der Waals surface area contributed by atoms with Crippen LogP contribution in [0, 0.1) is 5.92 Å². The number of rotatable bonds is 7. The summed E-state index contributed by atoms with van der Waals surface area (Å²) in [6, 6.07) is 0. The summed E-state index contributed by atoms with van der Waals surface area (Å²) < 4.78 is 10.5. The monoisotopic (exact) mass is 337 g/mol. The van der Waals surface area contributed by atoms with Crippen LogP contribution < -0.4 is 5.32 Å². The third kappa shape index (κ3) is 7.32. The van der Waals surface area contributed by atoms with Crippen LogP contribution in [0.1, 0.15) is 77.4 Å². The lowest BCUT2D eigenvalue weighted by molar-refractivity contribution is 0.0527. The highest BCUT2D eigenvalue weighted by molar-refractivity contribution is 5.67. The molecule has 0 radical (unpaired) electrons. The van der Waals surface area contributed by atoms with Crippen LogP contribution in [0.15, 0.2) is 4.52 Å². The predicted molar refractivity (Wildman–Crippen MR) is 91.8 cm³/mol. The molecule has 1 amide bonds. The van der Waals surface area contributed by atoms with E-state index >= 15 is 0 Å². The van der Waals surface area contributed by atoms with Crippen LogP contribution in [0.2, 0.25) is 0 Å². The number of unbranched alkanes of at least 4 members (excludes halogenated alkanes) is 1. The molecule has 1 N–H and O–H groups in total. The smallest absolute Gasteiger partial charge is 0.407 e. The number of aryl methyl sites for hydroxylation is 1. The largest absolute Gasteiger partial charge is 0.444 e. The Balaban J connectivity index is 1.58. The van der Waals surface area contributed by atoms with Crippen molar-refractivity contribution >= 4 is 6.09 Å². The van der Waals surface area contributed by atoms with E-state index in [1.807, 2.05) is 20.8 Å². The fourth-order valence-electron chi connectivity index (χ4n) is 3.03. The standard InChI is InChI=1S/C18H31N3O3/c1-18(2,3)23-17(22)19-12-8-7-11-16-20-15(21-24-16)13-14-9-5-4-6-10-14/h14H,4-13H2,1-3H3,(H,19,22). The Morgan fingerprint density at radius 2 is 2.00 bits per heavy atom. The van der Waals surface area contributed by atoms with Crippen molar-refractivity contribution in [2.45, 2.75) is 84.2 Å². The summed E-state index contributed by atoms with van der Waals surface area (Å²) >= 11 is 0. The fraction of sp³-hybridized carbons (Fsp3) is 0.833. The SMILES string of the molecule is CC(C)(C)OC(=O)NCCCCc1nc(CC2CCCCC2)no1. The van der Waals surface area contributed by atoms with Gasteiger partial charge in [0, 0.05) is 19.4 Å². The van der Waals surface area contributed by atoms with Gasteiger partial charge in [-0.15, -0.1) is 0 Å². The third-order valence-corrected chi connectivity index (χ3v) is 4.19. The molecule has 1 heterocycles. The molecule has 0 spiro atoms.